The van der Waals surface area contributed by atoms with Crippen LogP contribution in [0, 0.1) is 13.8 Å². The lowest BCUT2D eigenvalue weighted by Crippen LogP contribution is -2.26. The summed E-state index contributed by atoms with van der Waals surface area (Å²) in [7, 11) is 3.49. The SMILES string of the molecule is C/C=C/COc1cc(C)c(OCN(C)CC=NOC)c(C)c1. The molecule has 0 spiro atoms. The van der Waals surface area contributed by atoms with Gasteiger partial charge in [-0.3, -0.25) is 4.90 Å². The Labute approximate surface area is 133 Å². The van der Waals surface area contributed by atoms with Crippen LogP contribution in [0.4, 0.5) is 0 Å². The van der Waals surface area contributed by atoms with Gasteiger partial charge in [0.2, 0.25) is 0 Å². The zero-order valence-electron chi connectivity index (χ0n) is 14.1. The predicted molar refractivity (Wildman–Crippen MR) is 89.9 cm³/mol. The van der Waals surface area contributed by atoms with Gasteiger partial charge >= 0.3 is 0 Å². The van der Waals surface area contributed by atoms with Crippen LogP contribution in [0.3, 0.4) is 0 Å². The molecule has 0 radical (unpaired) electrons. The molecular weight excluding hydrogens is 280 g/mol. The minimum atomic E-state index is 0.482. The zero-order chi connectivity index (χ0) is 16.4. The second-order valence-corrected chi connectivity index (χ2v) is 5.05. The van der Waals surface area contributed by atoms with Crippen molar-refractivity contribution in [3.05, 3.63) is 35.4 Å². The Kier molecular flexibility index (Phi) is 8.07. The van der Waals surface area contributed by atoms with E-state index in [1.165, 1.54) is 7.11 Å². The molecule has 122 valence electrons. The molecule has 1 rings (SSSR count). The van der Waals surface area contributed by atoms with Crippen LogP contribution in [-0.4, -0.2) is 45.2 Å². The standard InChI is InChI=1S/C17H26N2O3/c1-6-7-10-21-16-11-14(2)17(15(3)12-16)22-13-19(4)9-8-18-20-5/h6-8,11-12H,9-10,13H2,1-5H3/b7-6+,18-8?. The quantitative estimate of drug-likeness (QED) is 0.304. The first-order chi connectivity index (χ1) is 10.6. The average Bonchev–Trinajstić information content (AvgIpc) is 2.47. The van der Waals surface area contributed by atoms with Crippen molar-refractivity contribution in [3.8, 4) is 11.5 Å². The monoisotopic (exact) mass is 306 g/mol. The molecule has 0 saturated carbocycles. The molecule has 0 aliphatic rings. The van der Waals surface area contributed by atoms with Crippen molar-refractivity contribution in [2.75, 3.05) is 34.0 Å². The molecule has 0 aliphatic carbocycles. The third kappa shape index (κ3) is 6.18. The number of benzene rings is 1. The van der Waals surface area contributed by atoms with Gasteiger partial charge in [0.05, 0.1) is 6.21 Å². The molecule has 0 atom stereocenters. The summed E-state index contributed by atoms with van der Waals surface area (Å²) >= 11 is 0. The molecule has 0 unspecified atom stereocenters. The summed E-state index contributed by atoms with van der Waals surface area (Å²) in [6.45, 7) is 7.75. The smallest absolute Gasteiger partial charge is 0.142 e. The number of allylic oxidation sites excluding steroid dienone is 1. The summed E-state index contributed by atoms with van der Waals surface area (Å²) in [4.78, 5) is 6.63. The van der Waals surface area contributed by atoms with Crippen molar-refractivity contribution >= 4 is 6.21 Å². The first kappa shape index (κ1) is 18.0. The normalized spacial score (nSPS) is 11.5. The van der Waals surface area contributed by atoms with Crippen LogP contribution in [0.5, 0.6) is 11.5 Å². The lowest BCUT2D eigenvalue weighted by Gasteiger charge is -2.18. The van der Waals surface area contributed by atoms with E-state index in [1.807, 2.05) is 57.0 Å². The maximum atomic E-state index is 5.89. The van der Waals surface area contributed by atoms with Gasteiger partial charge in [-0.2, -0.15) is 0 Å². The van der Waals surface area contributed by atoms with Crippen LogP contribution < -0.4 is 9.47 Å². The molecule has 22 heavy (non-hydrogen) atoms. The van der Waals surface area contributed by atoms with E-state index < -0.39 is 0 Å². The highest BCUT2D eigenvalue weighted by atomic mass is 16.6. The van der Waals surface area contributed by atoms with Gasteiger partial charge in [0.15, 0.2) is 0 Å². The van der Waals surface area contributed by atoms with Crippen molar-refractivity contribution in [3.63, 3.8) is 0 Å². The third-order valence-electron chi connectivity index (χ3n) is 3.02. The number of ether oxygens (including phenoxy) is 2. The lowest BCUT2D eigenvalue weighted by atomic mass is 10.1. The van der Waals surface area contributed by atoms with E-state index in [4.69, 9.17) is 9.47 Å². The van der Waals surface area contributed by atoms with Crippen molar-refractivity contribution in [2.45, 2.75) is 20.8 Å². The van der Waals surface area contributed by atoms with Crippen LogP contribution in [0.1, 0.15) is 18.1 Å². The average molecular weight is 306 g/mol. The van der Waals surface area contributed by atoms with Gasteiger partial charge in [0.25, 0.3) is 0 Å². The first-order valence-corrected chi connectivity index (χ1v) is 7.30. The van der Waals surface area contributed by atoms with Crippen LogP contribution in [0.2, 0.25) is 0 Å². The van der Waals surface area contributed by atoms with E-state index in [1.54, 1.807) is 6.21 Å². The Morgan fingerprint density at radius 3 is 2.45 bits per heavy atom. The third-order valence-corrected chi connectivity index (χ3v) is 3.02. The Morgan fingerprint density at radius 2 is 1.86 bits per heavy atom. The van der Waals surface area contributed by atoms with E-state index >= 15 is 0 Å². The number of aryl methyl sites for hydroxylation is 2. The molecule has 1 aromatic carbocycles. The zero-order valence-corrected chi connectivity index (χ0v) is 14.1. The number of oxime groups is 1. The van der Waals surface area contributed by atoms with Gasteiger partial charge in [0.1, 0.15) is 31.9 Å². The fourth-order valence-electron chi connectivity index (χ4n) is 1.94. The first-order valence-electron chi connectivity index (χ1n) is 7.30. The van der Waals surface area contributed by atoms with Gasteiger partial charge in [0, 0.05) is 6.54 Å². The van der Waals surface area contributed by atoms with Crippen molar-refractivity contribution in [2.24, 2.45) is 5.16 Å². The summed E-state index contributed by atoms with van der Waals surface area (Å²) < 4.78 is 11.6. The summed E-state index contributed by atoms with van der Waals surface area (Å²) in [5, 5.41) is 3.70. The fraction of sp³-hybridized carbons (Fsp3) is 0.471. The Hall–Kier alpha value is -2.01. The van der Waals surface area contributed by atoms with Gasteiger partial charge in [-0.1, -0.05) is 17.3 Å². The topological polar surface area (TPSA) is 43.3 Å². The summed E-state index contributed by atoms with van der Waals surface area (Å²) in [6, 6.07) is 4.00. The summed E-state index contributed by atoms with van der Waals surface area (Å²) in [5.41, 5.74) is 2.13. The highest BCUT2D eigenvalue weighted by molar-refractivity contribution is 5.58. The van der Waals surface area contributed by atoms with E-state index in [-0.39, 0.29) is 0 Å². The molecule has 0 aliphatic heterocycles. The van der Waals surface area contributed by atoms with E-state index in [0.717, 1.165) is 22.6 Å². The summed E-state index contributed by atoms with van der Waals surface area (Å²) in [6.07, 6.45) is 5.65. The molecule has 1 aromatic rings. The molecule has 0 fully saturated rings. The largest absolute Gasteiger partial charge is 0.490 e. The minimum Gasteiger partial charge on any atom is -0.490 e. The van der Waals surface area contributed by atoms with Crippen LogP contribution >= 0.6 is 0 Å². The van der Waals surface area contributed by atoms with E-state index in [0.29, 0.717) is 19.9 Å². The van der Waals surface area contributed by atoms with Crippen LogP contribution in [0.25, 0.3) is 0 Å². The van der Waals surface area contributed by atoms with Crippen molar-refractivity contribution in [1.82, 2.24) is 4.90 Å². The maximum absolute atomic E-state index is 5.89. The van der Waals surface area contributed by atoms with Crippen molar-refractivity contribution < 1.29 is 14.3 Å². The second kappa shape index (κ2) is 9.84. The molecule has 5 heteroatoms. The van der Waals surface area contributed by atoms with Gasteiger partial charge < -0.3 is 14.3 Å². The predicted octanol–water partition coefficient (Wildman–Crippen LogP) is 3.16. The number of nitrogens with zero attached hydrogens (tertiary/aromatic N) is 2. The molecule has 0 heterocycles. The molecule has 0 bridgehead atoms. The Balaban J connectivity index is 2.61. The molecule has 5 nitrogen and oxygen atoms in total. The summed E-state index contributed by atoms with van der Waals surface area (Å²) in [5.74, 6) is 1.76. The van der Waals surface area contributed by atoms with Gasteiger partial charge in [-0.15, -0.1) is 0 Å². The Morgan fingerprint density at radius 1 is 1.18 bits per heavy atom. The number of hydrogen-bond donors (Lipinski definition) is 0. The maximum Gasteiger partial charge on any atom is 0.142 e. The number of rotatable bonds is 9. The highest BCUT2D eigenvalue weighted by Gasteiger charge is 2.08. The lowest BCUT2D eigenvalue weighted by molar-refractivity contribution is 0.165. The van der Waals surface area contributed by atoms with Crippen LogP contribution in [0.15, 0.2) is 29.4 Å². The molecule has 0 aromatic heterocycles. The molecule has 0 amide bonds. The fourth-order valence-corrected chi connectivity index (χ4v) is 1.94. The van der Waals surface area contributed by atoms with Gasteiger partial charge in [-0.25, -0.2) is 0 Å². The van der Waals surface area contributed by atoms with Gasteiger partial charge in [-0.05, 0) is 51.1 Å². The Bertz CT molecular complexity index is 490. The van der Waals surface area contributed by atoms with Crippen LogP contribution in [-0.2, 0) is 4.84 Å². The van der Waals surface area contributed by atoms with E-state index in [9.17, 15) is 0 Å². The van der Waals surface area contributed by atoms with E-state index in [2.05, 4.69) is 9.99 Å². The molecule has 0 N–H and O–H groups in total. The molecular formula is C17H26N2O3. The second-order valence-electron chi connectivity index (χ2n) is 5.05. The highest BCUT2D eigenvalue weighted by Crippen LogP contribution is 2.28. The van der Waals surface area contributed by atoms with Crippen molar-refractivity contribution in [1.29, 1.82) is 0 Å². The number of hydrogen-bond acceptors (Lipinski definition) is 5. The molecule has 0 saturated heterocycles. The minimum absolute atomic E-state index is 0.482.